The molecule has 2 N–H and O–H groups in total. The predicted molar refractivity (Wildman–Crippen MR) is 103 cm³/mol. The van der Waals surface area contributed by atoms with E-state index in [0.29, 0.717) is 11.1 Å². The Kier molecular flexibility index (Phi) is 6.61. The summed E-state index contributed by atoms with van der Waals surface area (Å²) in [5.74, 6) is -0.792. The van der Waals surface area contributed by atoms with Gasteiger partial charge in [0.1, 0.15) is 0 Å². The Morgan fingerprint density at radius 2 is 1.77 bits per heavy atom. The Hall–Kier alpha value is -2.56. The van der Waals surface area contributed by atoms with Crippen molar-refractivity contribution in [1.29, 1.82) is 0 Å². The maximum atomic E-state index is 12.2. The SMILES string of the molecule is CCCCn1c(C)c(C(N)=O)c(-c2ccc(C(=O)OC)cc2)c1CCC. The van der Waals surface area contributed by atoms with Crippen molar-refractivity contribution in [2.24, 2.45) is 5.73 Å². The van der Waals surface area contributed by atoms with Crippen LogP contribution in [0.5, 0.6) is 0 Å². The van der Waals surface area contributed by atoms with Gasteiger partial charge in [0.05, 0.1) is 18.2 Å². The topological polar surface area (TPSA) is 74.3 Å². The first-order chi connectivity index (χ1) is 12.5. The van der Waals surface area contributed by atoms with Gasteiger partial charge in [0.15, 0.2) is 0 Å². The van der Waals surface area contributed by atoms with Gasteiger partial charge in [0.25, 0.3) is 5.91 Å². The van der Waals surface area contributed by atoms with Gasteiger partial charge in [-0.15, -0.1) is 0 Å². The zero-order chi connectivity index (χ0) is 19.3. The van der Waals surface area contributed by atoms with Gasteiger partial charge in [-0.2, -0.15) is 0 Å². The van der Waals surface area contributed by atoms with E-state index in [-0.39, 0.29) is 5.97 Å². The number of unbranched alkanes of at least 4 members (excludes halogenated alkanes) is 1. The summed E-state index contributed by atoms with van der Waals surface area (Å²) in [4.78, 5) is 23.9. The van der Waals surface area contributed by atoms with Gasteiger partial charge in [0.2, 0.25) is 0 Å². The van der Waals surface area contributed by atoms with E-state index in [0.717, 1.165) is 54.7 Å². The Balaban J connectivity index is 2.64. The molecule has 5 heteroatoms. The fraction of sp³-hybridized carbons (Fsp3) is 0.429. The number of nitrogens with zero attached hydrogens (tertiary/aromatic N) is 1. The summed E-state index contributed by atoms with van der Waals surface area (Å²) in [6.45, 7) is 7.11. The van der Waals surface area contributed by atoms with Crippen LogP contribution in [0.2, 0.25) is 0 Å². The highest BCUT2D eigenvalue weighted by Crippen LogP contribution is 2.34. The molecule has 0 atom stereocenters. The monoisotopic (exact) mass is 356 g/mol. The van der Waals surface area contributed by atoms with E-state index in [1.807, 2.05) is 19.1 Å². The minimum atomic E-state index is -0.415. The van der Waals surface area contributed by atoms with Crippen molar-refractivity contribution >= 4 is 11.9 Å². The molecular formula is C21H28N2O3. The molecule has 0 spiro atoms. The van der Waals surface area contributed by atoms with E-state index in [4.69, 9.17) is 10.5 Å². The van der Waals surface area contributed by atoms with Gasteiger partial charge in [-0.1, -0.05) is 38.8 Å². The number of amides is 1. The number of nitrogens with two attached hydrogens (primary N) is 1. The van der Waals surface area contributed by atoms with Gasteiger partial charge in [0, 0.05) is 23.5 Å². The average Bonchev–Trinajstić information content (AvgIpc) is 2.91. The van der Waals surface area contributed by atoms with Gasteiger partial charge < -0.3 is 15.0 Å². The Morgan fingerprint density at radius 3 is 2.27 bits per heavy atom. The summed E-state index contributed by atoms with van der Waals surface area (Å²) in [6.07, 6.45) is 3.97. The molecule has 0 fully saturated rings. The van der Waals surface area contributed by atoms with Crippen molar-refractivity contribution in [2.45, 2.75) is 53.0 Å². The van der Waals surface area contributed by atoms with Crippen LogP contribution in [0, 0.1) is 6.92 Å². The highest BCUT2D eigenvalue weighted by Gasteiger charge is 2.24. The molecular weight excluding hydrogens is 328 g/mol. The number of ether oxygens (including phenoxy) is 1. The van der Waals surface area contributed by atoms with Crippen LogP contribution in [0.1, 0.15) is 65.2 Å². The number of aromatic nitrogens is 1. The van der Waals surface area contributed by atoms with E-state index in [9.17, 15) is 9.59 Å². The maximum absolute atomic E-state index is 12.2. The molecule has 0 bridgehead atoms. The van der Waals surface area contributed by atoms with Crippen LogP contribution in [-0.4, -0.2) is 23.6 Å². The highest BCUT2D eigenvalue weighted by atomic mass is 16.5. The zero-order valence-corrected chi connectivity index (χ0v) is 16.1. The van der Waals surface area contributed by atoms with Crippen molar-refractivity contribution in [3.8, 4) is 11.1 Å². The zero-order valence-electron chi connectivity index (χ0n) is 16.1. The Labute approximate surface area is 155 Å². The summed E-state index contributed by atoms with van der Waals surface area (Å²) >= 11 is 0. The van der Waals surface area contributed by atoms with E-state index in [1.165, 1.54) is 7.11 Å². The van der Waals surface area contributed by atoms with Gasteiger partial charge in [-0.05, 0) is 37.5 Å². The first-order valence-corrected chi connectivity index (χ1v) is 9.16. The molecule has 1 aromatic heterocycles. The van der Waals surface area contributed by atoms with Gasteiger partial charge >= 0.3 is 5.97 Å². The number of benzene rings is 1. The second-order valence-electron chi connectivity index (χ2n) is 6.47. The molecule has 26 heavy (non-hydrogen) atoms. The number of carbonyl (C=O) groups excluding carboxylic acids is 2. The van der Waals surface area contributed by atoms with Crippen LogP contribution in [0.25, 0.3) is 11.1 Å². The van der Waals surface area contributed by atoms with Gasteiger partial charge in [-0.25, -0.2) is 4.79 Å². The minimum absolute atomic E-state index is 0.378. The molecule has 2 rings (SSSR count). The molecule has 5 nitrogen and oxygen atoms in total. The van der Waals surface area contributed by atoms with E-state index in [1.54, 1.807) is 12.1 Å². The molecule has 0 unspecified atom stereocenters. The largest absolute Gasteiger partial charge is 0.465 e. The van der Waals surface area contributed by atoms with Crippen LogP contribution in [0.15, 0.2) is 24.3 Å². The molecule has 0 radical (unpaired) electrons. The number of methoxy groups -OCH3 is 1. The standard InChI is InChI=1S/C21H28N2O3/c1-5-7-13-23-14(3)18(20(22)24)19(17(23)8-6-2)15-9-11-16(12-10-15)21(25)26-4/h9-12H,5-8,13H2,1-4H3,(H2,22,24). The molecule has 0 aliphatic carbocycles. The predicted octanol–water partition coefficient (Wildman–Crippen LogP) is 4.10. The second-order valence-corrected chi connectivity index (χ2v) is 6.47. The first kappa shape index (κ1) is 19.8. The number of rotatable bonds is 8. The highest BCUT2D eigenvalue weighted by molar-refractivity contribution is 6.02. The molecule has 0 aliphatic heterocycles. The number of primary amides is 1. The first-order valence-electron chi connectivity index (χ1n) is 9.16. The summed E-state index contributed by atoms with van der Waals surface area (Å²) in [6, 6.07) is 7.16. The lowest BCUT2D eigenvalue weighted by atomic mass is 9.97. The van der Waals surface area contributed by atoms with Crippen molar-refractivity contribution in [3.05, 3.63) is 46.8 Å². The second kappa shape index (κ2) is 8.70. The summed E-state index contributed by atoms with van der Waals surface area (Å²) in [5, 5.41) is 0. The molecule has 0 aliphatic rings. The molecule has 0 saturated carbocycles. The molecule has 1 amide bonds. The molecule has 140 valence electrons. The quantitative estimate of drug-likeness (QED) is 0.724. The lowest BCUT2D eigenvalue weighted by Gasteiger charge is -2.12. The van der Waals surface area contributed by atoms with Crippen molar-refractivity contribution in [2.75, 3.05) is 7.11 Å². The molecule has 0 saturated heterocycles. The molecule has 1 aromatic carbocycles. The third-order valence-corrected chi connectivity index (χ3v) is 4.69. The lowest BCUT2D eigenvalue weighted by molar-refractivity contribution is 0.0600. The summed E-state index contributed by atoms with van der Waals surface area (Å²) in [7, 11) is 1.36. The van der Waals surface area contributed by atoms with Crippen molar-refractivity contribution in [1.82, 2.24) is 4.57 Å². The Bertz CT molecular complexity index is 789. The smallest absolute Gasteiger partial charge is 0.337 e. The molecule has 2 aromatic rings. The van der Waals surface area contributed by atoms with E-state index >= 15 is 0 Å². The fourth-order valence-electron chi connectivity index (χ4n) is 3.42. The van der Waals surface area contributed by atoms with Crippen LogP contribution in [0.4, 0.5) is 0 Å². The lowest BCUT2D eigenvalue weighted by Crippen LogP contribution is -2.13. The summed E-state index contributed by atoms with van der Waals surface area (Å²) in [5.41, 5.74) is 10.6. The maximum Gasteiger partial charge on any atom is 0.337 e. The van der Waals surface area contributed by atoms with Crippen LogP contribution >= 0.6 is 0 Å². The number of esters is 1. The molecule has 1 heterocycles. The van der Waals surface area contributed by atoms with Gasteiger partial charge in [-0.3, -0.25) is 4.79 Å². The average molecular weight is 356 g/mol. The van der Waals surface area contributed by atoms with Crippen molar-refractivity contribution < 1.29 is 14.3 Å². The Morgan fingerprint density at radius 1 is 1.12 bits per heavy atom. The van der Waals surface area contributed by atoms with E-state index < -0.39 is 5.91 Å². The normalized spacial score (nSPS) is 10.8. The summed E-state index contributed by atoms with van der Waals surface area (Å²) < 4.78 is 6.99. The van der Waals surface area contributed by atoms with Crippen LogP contribution < -0.4 is 5.73 Å². The third kappa shape index (κ3) is 3.82. The van der Waals surface area contributed by atoms with Crippen molar-refractivity contribution in [3.63, 3.8) is 0 Å². The fourth-order valence-corrected chi connectivity index (χ4v) is 3.42. The van der Waals surface area contributed by atoms with Crippen LogP contribution in [0.3, 0.4) is 0 Å². The van der Waals surface area contributed by atoms with E-state index in [2.05, 4.69) is 18.4 Å². The number of carbonyl (C=O) groups is 2. The van der Waals surface area contributed by atoms with Crippen LogP contribution in [-0.2, 0) is 17.7 Å². The number of hydrogen-bond acceptors (Lipinski definition) is 3. The number of hydrogen-bond donors (Lipinski definition) is 1. The minimum Gasteiger partial charge on any atom is -0.465 e. The third-order valence-electron chi connectivity index (χ3n) is 4.69.